The van der Waals surface area contributed by atoms with Gasteiger partial charge in [0.2, 0.25) is 0 Å². The van der Waals surface area contributed by atoms with Crippen molar-refractivity contribution in [3.8, 4) is 0 Å². The van der Waals surface area contributed by atoms with Gasteiger partial charge in [-0.1, -0.05) is 42.1 Å². The molecule has 2 fully saturated rings. The van der Waals surface area contributed by atoms with E-state index >= 15 is 0 Å². The molecule has 0 radical (unpaired) electrons. The lowest BCUT2D eigenvalue weighted by Gasteiger charge is -2.35. The van der Waals surface area contributed by atoms with E-state index in [0.717, 1.165) is 5.56 Å². The monoisotopic (exact) mass is 392 g/mol. The van der Waals surface area contributed by atoms with Crippen LogP contribution in [0.1, 0.15) is 18.9 Å². The van der Waals surface area contributed by atoms with E-state index in [1.54, 1.807) is 9.80 Å². The molecule has 0 saturated carbocycles. The molecule has 7 nitrogen and oxygen atoms in total. The molecule has 8 heteroatoms. The first kappa shape index (κ1) is 19.7. The molecule has 2 saturated heterocycles. The van der Waals surface area contributed by atoms with Gasteiger partial charge in [0.15, 0.2) is 5.12 Å². The van der Waals surface area contributed by atoms with Crippen molar-refractivity contribution in [2.45, 2.75) is 31.3 Å². The minimum Gasteiger partial charge on any atom is -0.445 e. The third kappa shape index (κ3) is 5.46. The molecule has 0 aliphatic carbocycles. The Bertz CT molecular complexity index is 676. The summed E-state index contributed by atoms with van der Waals surface area (Å²) in [5.41, 5.74) is 0.941. The number of amides is 2. The lowest BCUT2D eigenvalue weighted by atomic mass is 10.2. The van der Waals surface area contributed by atoms with E-state index in [9.17, 15) is 14.4 Å². The summed E-state index contributed by atoms with van der Waals surface area (Å²) in [6.45, 7) is 4.00. The smallest absolute Gasteiger partial charge is 0.410 e. The number of piperazine rings is 1. The third-order valence-electron chi connectivity index (χ3n) is 4.62. The van der Waals surface area contributed by atoms with Crippen LogP contribution >= 0.6 is 11.8 Å². The maximum atomic E-state index is 12.6. The van der Waals surface area contributed by atoms with Crippen molar-refractivity contribution in [2.75, 3.05) is 32.8 Å². The van der Waals surface area contributed by atoms with E-state index in [-0.39, 0.29) is 29.0 Å². The quantitative estimate of drug-likeness (QED) is 0.779. The largest absolute Gasteiger partial charge is 0.445 e. The van der Waals surface area contributed by atoms with Crippen LogP contribution in [-0.2, 0) is 25.7 Å². The molecular formula is C19H24N2O5S. The Hall–Kier alpha value is -2.06. The van der Waals surface area contributed by atoms with Gasteiger partial charge in [-0.2, -0.15) is 0 Å². The average Bonchev–Trinajstić information content (AvgIpc) is 3.14. The molecular weight excluding hydrogens is 368 g/mol. The van der Waals surface area contributed by atoms with Crippen LogP contribution in [0.4, 0.5) is 4.79 Å². The van der Waals surface area contributed by atoms with E-state index in [2.05, 4.69) is 0 Å². The molecule has 0 aromatic heterocycles. The van der Waals surface area contributed by atoms with E-state index in [1.807, 2.05) is 30.3 Å². The topological polar surface area (TPSA) is 76.2 Å². The van der Waals surface area contributed by atoms with Gasteiger partial charge in [-0.25, -0.2) is 4.79 Å². The van der Waals surface area contributed by atoms with Gasteiger partial charge in [-0.15, -0.1) is 0 Å². The average molecular weight is 392 g/mol. The first-order valence-corrected chi connectivity index (χ1v) is 9.94. The summed E-state index contributed by atoms with van der Waals surface area (Å²) < 4.78 is 10.9. The number of hydrogen-bond acceptors (Lipinski definition) is 6. The van der Waals surface area contributed by atoms with Gasteiger partial charge in [-0.05, 0) is 12.0 Å². The summed E-state index contributed by atoms with van der Waals surface area (Å²) in [5.74, 6) is -0.0565. The highest BCUT2D eigenvalue weighted by molar-refractivity contribution is 8.14. The molecule has 0 N–H and O–H groups in total. The molecule has 1 aromatic carbocycles. The summed E-state index contributed by atoms with van der Waals surface area (Å²) in [4.78, 5) is 39.3. The lowest BCUT2D eigenvalue weighted by molar-refractivity contribution is -0.142. The number of ether oxygens (including phenoxy) is 2. The van der Waals surface area contributed by atoms with Gasteiger partial charge in [0.05, 0.1) is 6.61 Å². The van der Waals surface area contributed by atoms with Crippen molar-refractivity contribution in [3.63, 3.8) is 0 Å². The van der Waals surface area contributed by atoms with Crippen LogP contribution in [0.15, 0.2) is 30.3 Å². The summed E-state index contributed by atoms with van der Waals surface area (Å²) in [6, 6.07) is 9.53. The predicted octanol–water partition coefficient (Wildman–Crippen LogP) is 1.90. The number of carbonyl (C=O) groups is 3. The molecule has 2 amide bonds. The predicted molar refractivity (Wildman–Crippen MR) is 101 cm³/mol. The maximum absolute atomic E-state index is 12.6. The van der Waals surface area contributed by atoms with Gasteiger partial charge in [-0.3, -0.25) is 9.59 Å². The van der Waals surface area contributed by atoms with Crippen molar-refractivity contribution in [3.05, 3.63) is 35.9 Å². The SMILES string of the molecule is CC(=O)S[C@H]1CO[C@@H](C(=O)N2CCN(C(=O)OCc3ccccc3)CC2)C1. The normalized spacial score (nSPS) is 22.6. The molecule has 0 bridgehead atoms. The zero-order valence-electron chi connectivity index (χ0n) is 15.3. The zero-order valence-corrected chi connectivity index (χ0v) is 16.2. The lowest BCUT2D eigenvalue weighted by Crippen LogP contribution is -2.52. The molecule has 2 aliphatic rings. The zero-order chi connectivity index (χ0) is 19.2. The van der Waals surface area contributed by atoms with Crippen LogP contribution < -0.4 is 0 Å². The number of thioether (sulfide) groups is 1. The second-order valence-electron chi connectivity index (χ2n) is 6.64. The number of rotatable bonds is 4. The van der Waals surface area contributed by atoms with E-state index in [1.165, 1.54) is 18.7 Å². The molecule has 2 aliphatic heterocycles. The van der Waals surface area contributed by atoms with Gasteiger partial charge < -0.3 is 19.3 Å². The Morgan fingerprint density at radius 3 is 2.44 bits per heavy atom. The van der Waals surface area contributed by atoms with E-state index in [4.69, 9.17) is 9.47 Å². The van der Waals surface area contributed by atoms with Crippen LogP contribution in [0.2, 0.25) is 0 Å². The highest BCUT2D eigenvalue weighted by Gasteiger charge is 2.36. The van der Waals surface area contributed by atoms with Crippen molar-refractivity contribution >= 4 is 28.9 Å². The van der Waals surface area contributed by atoms with E-state index < -0.39 is 6.10 Å². The van der Waals surface area contributed by atoms with Crippen molar-refractivity contribution in [1.29, 1.82) is 0 Å². The summed E-state index contributed by atoms with van der Waals surface area (Å²) in [5, 5.41) is 0.0880. The molecule has 27 heavy (non-hydrogen) atoms. The fourth-order valence-corrected chi connectivity index (χ4v) is 4.10. The number of carbonyl (C=O) groups excluding carboxylic acids is 3. The highest BCUT2D eigenvalue weighted by atomic mass is 32.2. The van der Waals surface area contributed by atoms with Crippen LogP contribution in [-0.4, -0.2) is 71.1 Å². The van der Waals surface area contributed by atoms with Crippen LogP contribution in [0.3, 0.4) is 0 Å². The van der Waals surface area contributed by atoms with Crippen LogP contribution in [0.5, 0.6) is 0 Å². The maximum Gasteiger partial charge on any atom is 0.410 e. The first-order valence-electron chi connectivity index (χ1n) is 9.06. The summed E-state index contributed by atoms with van der Waals surface area (Å²) in [7, 11) is 0. The Labute approximate surface area is 163 Å². The fourth-order valence-electron chi connectivity index (χ4n) is 3.21. The standard InChI is InChI=1S/C19H24N2O5S/c1-14(22)27-16-11-17(25-13-16)18(23)20-7-9-21(10-8-20)19(24)26-12-15-5-3-2-4-6-15/h2-6,16-17H,7-13H2,1H3/t16-,17-/m1/s1. The summed E-state index contributed by atoms with van der Waals surface area (Å²) >= 11 is 1.23. The Kier molecular flexibility index (Phi) is 6.73. The number of hydrogen-bond donors (Lipinski definition) is 0. The molecule has 0 spiro atoms. The minimum atomic E-state index is -0.488. The number of nitrogens with zero attached hydrogens (tertiary/aromatic N) is 2. The first-order chi connectivity index (χ1) is 13.0. The van der Waals surface area contributed by atoms with Gasteiger partial charge in [0.1, 0.15) is 12.7 Å². The second kappa shape index (κ2) is 9.23. The van der Waals surface area contributed by atoms with Crippen LogP contribution in [0, 0.1) is 0 Å². The van der Waals surface area contributed by atoms with E-state index in [0.29, 0.717) is 39.2 Å². The second-order valence-corrected chi connectivity index (χ2v) is 8.12. The molecule has 0 unspecified atom stereocenters. The van der Waals surface area contributed by atoms with Gasteiger partial charge in [0, 0.05) is 38.4 Å². The molecule has 3 rings (SSSR count). The summed E-state index contributed by atoms with van der Waals surface area (Å²) in [6.07, 6.45) is -0.290. The third-order valence-corrected chi connectivity index (χ3v) is 5.62. The Morgan fingerprint density at radius 2 is 1.78 bits per heavy atom. The van der Waals surface area contributed by atoms with Crippen molar-refractivity contribution in [1.82, 2.24) is 9.80 Å². The Balaban J connectivity index is 1.41. The van der Waals surface area contributed by atoms with Crippen molar-refractivity contribution in [2.24, 2.45) is 0 Å². The van der Waals surface area contributed by atoms with Gasteiger partial charge >= 0.3 is 6.09 Å². The fraction of sp³-hybridized carbons (Fsp3) is 0.526. The Morgan fingerprint density at radius 1 is 1.11 bits per heavy atom. The molecule has 146 valence electrons. The van der Waals surface area contributed by atoms with Crippen molar-refractivity contribution < 1.29 is 23.9 Å². The molecule has 2 atom stereocenters. The highest BCUT2D eigenvalue weighted by Crippen LogP contribution is 2.26. The molecule has 1 aromatic rings. The van der Waals surface area contributed by atoms with Gasteiger partial charge in [0.25, 0.3) is 5.91 Å². The van der Waals surface area contributed by atoms with Crippen LogP contribution in [0.25, 0.3) is 0 Å². The molecule has 2 heterocycles. The number of benzene rings is 1. The minimum absolute atomic E-state index is 0.0410.